The molecule has 1 aromatic heterocycles. The maximum absolute atomic E-state index is 3.49. The van der Waals surface area contributed by atoms with Crippen LogP contribution in [-0.2, 0) is 11.8 Å². The number of hydrogen-bond acceptors (Lipinski definition) is 1. The van der Waals surface area contributed by atoms with Gasteiger partial charge in [0.05, 0.1) is 0 Å². The first kappa shape index (κ1) is 11.2. The Labute approximate surface area is 103 Å². The molecule has 1 heterocycles. The second kappa shape index (κ2) is 4.67. The van der Waals surface area contributed by atoms with Crippen molar-refractivity contribution in [1.82, 2.24) is 0 Å². The average Bonchev–Trinajstić information content (AvgIpc) is 2.57. The Bertz CT molecular complexity index is 457. The van der Waals surface area contributed by atoms with E-state index in [1.165, 1.54) is 26.9 Å². The van der Waals surface area contributed by atoms with Gasteiger partial charge in [-0.3, -0.25) is 0 Å². The Morgan fingerprint density at radius 2 is 2.07 bits per heavy atom. The van der Waals surface area contributed by atoms with Crippen LogP contribution in [0.25, 0.3) is 10.1 Å². The van der Waals surface area contributed by atoms with Crippen LogP contribution in [0.3, 0.4) is 0 Å². The van der Waals surface area contributed by atoms with Crippen LogP contribution in [0.2, 0.25) is 0 Å². The molecule has 1 aromatic carbocycles. The first-order valence-corrected chi connectivity index (χ1v) is 7.20. The van der Waals surface area contributed by atoms with Crippen LogP contribution in [0.1, 0.15) is 24.3 Å². The van der Waals surface area contributed by atoms with Gasteiger partial charge >= 0.3 is 0 Å². The molecule has 0 aliphatic rings. The van der Waals surface area contributed by atoms with Crippen LogP contribution in [0.4, 0.5) is 0 Å². The number of rotatable bonds is 3. The third-order valence-electron chi connectivity index (χ3n) is 2.40. The van der Waals surface area contributed by atoms with Crippen molar-refractivity contribution in [2.45, 2.75) is 25.6 Å². The smallest absolute Gasteiger partial charge is 0.0345 e. The minimum atomic E-state index is 0.744. The van der Waals surface area contributed by atoms with Gasteiger partial charge in [0.2, 0.25) is 0 Å². The van der Waals surface area contributed by atoms with Crippen LogP contribution in [-0.4, -0.2) is 0 Å². The van der Waals surface area contributed by atoms with Gasteiger partial charge < -0.3 is 0 Å². The van der Waals surface area contributed by atoms with E-state index < -0.39 is 0 Å². The third kappa shape index (κ3) is 2.61. The molecule has 0 fully saturated rings. The van der Waals surface area contributed by atoms with Crippen LogP contribution in [0, 0.1) is 5.92 Å². The fourth-order valence-electron chi connectivity index (χ4n) is 1.73. The SMILES string of the molecule is CC(C)Cc1cc2cc(CBr)ccc2s1. The zero-order chi connectivity index (χ0) is 10.8. The lowest BCUT2D eigenvalue weighted by molar-refractivity contribution is 0.654. The van der Waals surface area contributed by atoms with Gasteiger partial charge in [0.1, 0.15) is 0 Å². The molecule has 0 atom stereocenters. The maximum Gasteiger partial charge on any atom is 0.0345 e. The molecule has 0 aliphatic heterocycles. The summed E-state index contributed by atoms with van der Waals surface area (Å²) in [6.45, 7) is 4.54. The fraction of sp³-hybridized carbons (Fsp3) is 0.385. The van der Waals surface area contributed by atoms with E-state index in [0.717, 1.165) is 11.2 Å². The lowest BCUT2D eigenvalue weighted by atomic mass is 10.1. The molecule has 0 unspecified atom stereocenters. The van der Waals surface area contributed by atoms with E-state index in [0.29, 0.717) is 0 Å². The van der Waals surface area contributed by atoms with E-state index in [1.807, 2.05) is 11.3 Å². The summed E-state index contributed by atoms with van der Waals surface area (Å²) in [7, 11) is 0. The minimum Gasteiger partial charge on any atom is -0.140 e. The molecular formula is C13H15BrS. The topological polar surface area (TPSA) is 0 Å². The quantitative estimate of drug-likeness (QED) is 0.696. The van der Waals surface area contributed by atoms with E-state index in [-0.39, 0.29) is 0 Å². The highest BCUT2D eigenvalue weighted by atomic mass is 79.9. The zero-order valence-corrected chi connectivity index (χ0v) is 11.5. The fourth-order valence-corrected chi connectivity index (χ4v) is 3.34. The first-order chi connectivity index (χ1) is 7.19. The molecule has 2 rings (SSSR count). The molecule has 80 valence electrons. The predicted molar refractivity (Wildman–Crippen MR) is 73.0 cm³/mol. The van der Waals surface area contributed by atoms with Gasteiger partial charge in [0.15, 0.2) is 0 Å². The molecule has 0 nitrogen and oxygen atoms in total. The summed E-state index contributed by atoms with van der Waals surface area (Å²) in [6, 6.07) is 9.06. The summed E-state index contributed by atoms with van der Waals surface area (Å²) in [4.78, 5) is 1.51. The second-order valence-electron chi connectivity index (χ2n) is 4.32. The Balaban J connectivity index is 2.37. The van der Waals surface area contributed by atoms with Gasteiger partial charge in [-0.2, -0.15) is 0 Å². The molecule has 0 amide bonds. The van der Waals surface area contributed by atoms with Crippen molar-refractivity contribution in [3.8, 4) is 0 Å². The highest BCUT2D eigenvalue weighted by molar-refractivity contribution is 9.08. The first-order valence-electron chi connectivity index (χ1n) is 5.26. The van der Waals surface area contributed by atoms with Gasteiger partial charge in [-0.1, -0.05) is 35.8 Å². The summed E-state index contributed by atoms with van der Waals surface area (Å²) >= 11 is 5.42. The highest BCUT2D eigenvalue weighted by Crippen LogP contribution is 2.28. The molecule has 0 aliphatic carbocycles. The van der Waals surface area contributed by atoms with Crippen molar-refractivity contribution in [2.24, 2.45) is 5.92 Å². The average molecular weight is 283 g/mol. The molecular weight excluding hydrogens is 268 g/mol. The molecule has 2 aromatic rings. The number of hydrogen-bond donors (Lipinski definition) is 0. The van der Waals surface area contributed by atoms with Crippen molar-refractivity contribution in [3.05, 3.63) is 34.7 Å². The number of thiophene rings is 1. The summed E-state index contributed by atoms with van der Waals surface area (Å²) in [5.41, 5.74) is 1.36. The van der Waals surface area contributed by atoms with E-state index >= 15 is 0 Å². The maximum atomic E-state index is 3.49. The predicted octanol–water partition coefficient (Wildman–Crippen LogP) is 4.99. The third-order valence-corrected chi connectivity index (χ3v) is 4.18. The van der Waals surface area contributed by atoms with Crippen molar-refractivity contribution in [2.75, 3.05) is 0 Å². The largest absolute Gasteiger partial charge is 0.140 e. The summed E-state index contributed by atoms with van der Waals surface area (Å²) in [5, 5.41) is 2.34. The van der Waals surface area contributed by atoms with Crippen molar-refractivity contribution >= 4 is 37.4 Å². The summed E-state index contributed by atoms with van der Waals surface area (Å²) in [5.74, 6) is 0.744. The molecule has 2 heteroatoms. The van der Waals surface area contributed by atoms with E-state index in [4.69, 9.17) is 0 Å². The molecule has 0 bridgehead atoms. The molecule has 0 spiro atoms. The van der Waals surface area contributed by atoms with Crippen LogP contribution >= 0.6 is 27.3 Å². The number of alkyl halides is 1. The Kier molecular flexibility index (Phi) is 3.47. The van der Waals surface area contributed by atoms with E-state index in [9.17, 15) is 0 Å². The lowest BCUT2D eigenvalue weighted by Gasteiger charge is -1.98. The minimum absolute atomic E-state index is 0.744. The van der Waals surface area contributed by atoms with E-state index in [1.54, 1.807) is 0 Å². The molecule has 0 saturated heterocycles. The zero-order valence-electron chi connectivity index (χ0n) is 9.09. The monoisotopic (exact) mass is 282 g/mol. The standard InChI is InChI=1S/C13H15BrS/c1-9(2)5-12-7-11-6-10(8-14)3-4-13(11)15-12/h3-4,6-7,9H,5,8H2,1-2H3. The van der Waals surface area contributed by atoms with Crippen LogP contribution in [0.15, 0.2) is 24.3 Å². The van der Waals surface area contributed by atoms with Crippen LogP contribution in [0.5, 0.6) is 0 Å². The number of fused-ring (bicyclic) bond motifs is 1. The summed E-state index contributed by atoms with van der Waals surface area (Å²) < 4.78 is 1.41. The van der Waals surface area contributed by atoms with Gasteiger partial charge in [-0.15, -0.1) is 11.3 Å². The van der Waals surface area contributed by atoms with Gasteiger partial charge in [-0.05, 0) is 41.5 Å². The molecule has 0 saturated carbocycles. The second-order valence-corrected chi connectivity index (χ2v) is 6.05. The van der Waals surface area contributed by atoms with Crippen LogP contribution < -0.4 is 0 Å². The Morgan fingerprint density at radius 3 is 2.73 bits per heavy atom. The Hall–Kier alpha value is -0.340. The van der Waals surface area contributed by atoms with Crippen molar-refractivity contribution in [1.29, 1.82) is 0 Å². The van der Waals surface area contributed by atoms with Gasteiger partial charge in [-0.25, -0.2) is 0 Å². The normalized spacial score (nSPS) is 11.5. The molecule has 15 heavy (non-hydrogen) atoms. The van der Waals surface area contributed by atoms with E-state index in [2.05, 4.69) is 54.0 Å². The number of benzene rings is 1. The Morgan fingerprint density at radius 1 is 1.27 bits per heavy atom. The van der Waals surface area contributed by atoms with Crippen molar-refractivity contribution in [3.63, 3.8) is 0 Å². The lowest BCUT2D eigenvalue weighted by Crippen LogP contribution is -1.89. The van der Waals surface area contributed by atoms with Gasteiger partial charge in [0.25, 0.3) is 0 Å². The highest BCUT2D eigenvalue weighted by Gasteiger charge is 2.04. The van der Waals surface area contributed by atoms with Gasteiger partial charge in [0, 0.05) is 14.9 Å². The molecule has 0 N–H and O–H groups in total. The molecule has 0 radical (unpaired) electrons. The number of halogens is 1. The van der Waals surface area contributed by atoms with Crippen molar-refractivity contribution < 1.29 is 0 Å². The summed E-state index contributed by atoms with van der Waals surface area (Å²) in [6.07, 6.45) is 1.20.